The molecule has 0 unspecified atom stereocenters. The van der Waals surface area contributed by atoms with Crippen LogP contribution >= 0.6 is 0 Å². The topological polar surface area (TPSA) is 0 Å². The van der Waals surface area contributed by atoms with Crippen LogP contribution in [0.3, 0.4) is 0 Å². The quantitative estimate of drug-likeness (QED) is 0.621. The molecule has 90 valence electrons. The van der Waals surface area contributed by atoms with Gasteiger partial charge in [0.05, 0.1) is 0 Å². The summed E-state index contributed by atoms with van der Waals surface area (Å²) in [5.41, 5.74) is 4.95. The van der Waals surface area contributed by atoms with Crippen LogP contribution in [0.4, 0.5) is 0 Å². The standard InChI is InChI=1S/C17H22/c1-13(2)16(5)9-6-15(4)12-17-10-7-14(3)8-11-17/h6-13H,5H2,1-4H3/b9-6-,15-12-. The second-order valence-corrected chi connectivity index (χ2v) is 4.86. The summed E-state index contributed by atoms with van der Waals surface area (Å²) >= 11 is 0. The van der Waals surface area contributed by atoms with Crippen molar-refractivity contribution in [3.63, 3.8) is 0 Å². The first-order chi connectivity index (χ1) is 7.99. The molecule has 0 spiro atoms. The van der Waals surface area contributed by atoms with Gasteiger partial charge in [-0.25, -0.2) is 0 Å². The molecule has 1 aromatic carbocycles. The van der Waals surface area contributed by atoms with Gasteiger partial charge in [-0.1, -0.05) is 79.6 Å². The zero-order chi connectivity index (χ0) is 12.8. The van der Waals surface area contributed by atoms with Crippen LogP contribution in [0.15, 0.2) is 54.1 Å². The van der Waals surface area contributed by atoms with Gasteiger partial charge in [0.15, 0.2) is 0 Å². The zero-order valence-corrected chi connectivity index (χ0v) is 11.3. The second-order valence-electron chi connectivity index (χ2n) is 4.86. The van der Waals surface area contributed by atoms with Crippen molar-refractivity contribution in [3.05, 3.63) is 65.3 Å². The number of rotatable bonds is 4. The molecule has 0 radical (unpaired) electrons. The molecule has 0 aliphatic heterocycles. The third-order valence-corrected chi connectivity index (χ3v) is 2.77. The summed E-state index contributed by atoms with van der Waals surface area (Å²) in [7, 11) is 0. The van der Waals surface area contributed by atoms with Crippen LogP contribution in [0.5, 0.6) is 0 Å². The lowest BCUT2D eigenvalue weighted by Gasteiger charge is -2.02. The van der Waals surface area contributed by atoms with Crippen molar-refractivity contribution < 1.29 is 0 Å². The molecule has 17 heavy (non-hydrogen) atoms. The normalized spacial score (nSPS) is 12.4. The van der Waals surface area contributed by atoms with Crippen LogP contribution in [0, 0.1) is 12.8 Å². The summed E-state index contributed by atoms with van der Waals surface area (Å²) in [6.45, 7) is 12.6. The monoisotopic (exact) mass is 226 g/mol. The number of hydrogen-bond acceptors (Lipinski definition) is 0. The molecule has 0 nitrogen and oxygen atoms in total. The van der Waals surface area contributed by atoms with Gasteiger partial charge in [0.2, 0.25) is 0 Å². The minimum Gasteiger partial charge on any atom is -0.0956 e. The van der Waals surface area contributed by atoms with Crippen molar-refractivity contribution in [2.75, 3.05) is 0 Å². The SMILES string of the molecule is C=C(/C=C\C(C)=C/c1ccc(C)cc1)C(C)C. The molecule has 0 aliphatic rings. The summed E-state index contributed by atoms with van der Waals surface area (Å²) in [5, 5.41) is 0. The Balaban J connectivity index is 2.73. The number of benzene rings is 1. The van der Waals surface area contributed by atoms with Gasteiger partial charge < -0.3 is 0 Å². The molecule has 1 aromatic rings. The molecular formula is C17H22. The summed E-state index contributed by atoms with van der Waals surface area (Å²) < 4.78 is 0. The van der Waals surface area contributed by atoms with E-state index < -0.39 is 0 Å². The predicted octanol–water partition coefficient (Wildman–Crippen LogP) is 5.17. The van der Waals surface area contributed by atoms with E-state index in [0.717, 1.165) is 0 Å². The van der Waals surface area contributed by atoms with Crippen LogP contribution in [-0.2, 0) is 0 Å². The zero-order valence-electron chi connectivity index (χ0n) is 11.3. The van der Waals surface area contributed by atoms with E-state index in [2.05, 4.69) is 76.8 Å². The largest absolute Gasteiger partial charge is 0.0956 e. The first-order valence-electron chi connectivity index (χ1n) is 6.11. The third-order valence-electron chi connectivity index (χ3n) is 2.77. The highest BCUT2D eigenvalue weighted by Gasteiger charge is 1.94. The molecule has 0 heterocycles. The van der Waals surface area contributed by atoms with Crippen molar-refractivity contribution in [2.45, 2.75) is 27.7 Å². The van der Waals surface area contributed by atoms with Crippen LogP contribution < -0.4 is 0 Å². The average molecular weight is 226 g/mol. The highest BCUT2D eigenvalue weighted by molar-refractivity contribution is 5.55. The maximum absolute atomic E-state index is 4.03. The van der Waals surface area contributed by atoms with Gasteiger partial charge in [-0.2, -0.15) is 0 Å². The molecule has 0 N–H and O–H groups in total. The van der Waals surface area contributed by atoms with E-state index in [-0.39, 0.29) is 0 Å². The molecule has 1 rings (SSSR count). The lowest BCUT2D eigenvalue weighted by Crippen LogP contribution is -1.87. The van der Waals surface area contributed by atoms with Crippen LogP contribution in [0.2, 0.25) is 0 Å². The van der Waals surface area contributed by atoms with E-state index in [1.807, 2.05) is 0 Å². The highest BCUT2D eigenvalue weighted by atomic mass is 14.0. The average Bonchev–Trinajstić information content (AvgIpc) is 2.29. The Morgan fingerprint density at radius 3 is 2.24 bits per heavy atom. The lowest BCUT2D eigenvalue weighted by atomic mass is 10.0. The maximum atomic E-state index is 4.03. The minimum absolute atomic E-state index is 0.512. The Morgan fingerprint density at radius 1 is 1.12 bits per heavy atom. The van der Waals surface area contributed by atoms with E-state index in [1.54, 1.807) is 0 Å². The summed E-state index contributed by atoms with van der Waals surface area (Å²) in [4.78, 5) is 0. The van der Waals surface area contributed by atoms with E-state index in [0.29, 0.717) is 5.92 Å². The van der Waals surface area contributed by atoms with Gasteiger partial charge in [0, 0.05) is 0 Å². The fourth-order valence-corrected chi connectivity index (χ4v) is 1.40. The van der Waals surface area contributed by atoms with Crippen molar-refractivity contribution in [3.8, 4) is 0 Å². The van der Waals surface area contributed by atoms with Gasteiger partial charge in [0.1, 0.15) is 0 Å². The number of hydrogen-bond donors (Lipinski definition) is 0. The van der Waals surface area contributed by atoms with Crippen LogP contribution in [0.25, 0.3) is 6.08 Å². The Hall–Kier alpha value is -1.56. The molecule has 0 amide bonds. The number of allylic oxidation sites excluding steroid dienone is 4. The van der Waals surface area contributed by atoms with Crippen molar-refractivity contribution in [2.24, 2.45) is 5.92 Å². The van der Waals surface area contributed by atoms with Gasteiger partial charge in [-0.15, -0.1) is 0 Å². The summed E-state index contributed by atoms with van der Waals surface area (Å²) in [5.74, 6) is 0.512. The van der Waals surface area contributed by atoms with Crippen LogP contribution in [-0.4, -0.2) is 0 Å². The van der Waals surface area contributed by atoms with Crippen molar-refractivity contribution in [1.82, 2.24) is 0 Å². The highest BCUT2D eigenvalue weighted by Crippen LogP contribution is 2.12. The van der Waals surface area contributed by atoms with Gasteiger partial charge in [-0.3, -0.25) is 0 Å². The molecule has 0 saturated heterocycles. The summed E-state index contributed by atoms with van der Waals surface area (Å²) in [6, 6.07) is 8.56. The smallest absolute Gasteiger partial charge is 0.0225 e. The fraction of sp³-hybridized carbons (Fsp3) is 0.294. The predicted molar refractivity (Wildman–Crippen MR) is 77.9 cm³/mol. The summed E-state index contributed by atoms with van der Waals surface area (Å²) in [6.07, 6.45) is 6.41. The van der Waals surface area contributed by atoms with Crippen LogP contribution in [0.1, 0.15) is 31.9 Å². The first-order valence-corrected chi connectivity index (χ1v) is 6.11. The molecule has 0 saturated carbocycles. The Kier molecular flexibility index (Phi) is 4.96. The van der Waals surface area contributed by atoms with Gasteiger partial charge >= 0.3 is 0 Å². The van der Waals surface area contributed by atoms with E-state index in [4.69, 9.17) is 0 Å². The van der Waals surface area contributed by atoms with E-state index in [1.165, 1.54) is 22.3 Å². The Morgan fingerprint density at radius 2 is 1.71 bits per heavy atom. The number of aryl methyl sites for hydroxylation is 1. The van der Waals surface area contributed by atoms with Crippen molar-refractivity contribution >= 4 is 6.08 Å². The molecule has 0 aliphatic carbocycles. The molecule has 0 aromatic heterocycles. The first kappa shape index (κ1) is 13.5. The third kappa shape index (κ3) is 4.86. The van der Waals surface area contributed by atoms with Crippen molar-refractivity contribution in [1.29, 1.82) is 0 Å². The molecule has 0 atom stereocenters. The van der Waals surface area contributed by atoms with E-state index >= 15 is 0 Å². The minimum atomic E-state index is 0.512. The fourth-order valence-electron chi connectivity index (χ4n) is 1.40. The molecule has 0 bridgehead atoms. The maximum Gasteiger partial charge on any atom is -0.0225 e. The lowest BCUT2D eigenvalue weighted by molar-refractivity contribution is 0.795. The Bertz CT molecular complexity index is 428. The van der Waals surface area contributed by atoms with Gasteiger partial charge in [-0.05, 0) is 25.3 Å². The second kappa shape index (κ2) is 6.24. The van der Waals surface area contributed by atoms with E-state index in [9.17, 15) is 0 Å². The van der Waals surface area contributed by atoms with Gasteiger partial charge in [0.25, 0.3) is 0 Å². The Labute approximate surface area is 105 Å². The molecule has 0 heteroatoms. The molecular weight excluding hydrogens is 204 g/mol. The molecule has 0 fully saturated rings.